The molecule has 0 radical (unpaired) electrons. The van der Waals surface area contributed by atoms with Gasteiger partial charge in [0.1, 0.15) is 0 Å². The van der Waals surface area contributed by atoms with Crippen LogP contribution in [0, 0.1) is 11.8 Å². The fraction of sp³-hybridized carbons (Fsp3) is 0.737. The van der Waals surface area contributed by atoms with Gasteiger partial charge < -0.3 is 9.90 Å². The molecule has 1 heterocycles. The molecular formula is C19H28NO6S2-. The standard InChI is InChI=1S/C19H29NO6S2/c21-19(22)16-7-4-12-20(13-16)28(25,26)18-10-8-17(9-11-18)27(23,24)14-15-5-2-1-3-6-15/h8-10,15-16,18H,1-7,11-14H2,(H,21,22)/p-1/t16-,18?/m0/s1. The number of carboxylic acids is 1. The van der Waals surface area contributed by atoms with Gasteiger partial charge in [0.25, 0.3) is 0 Å². The lowest BCUT2D eigenvalue weighted by molar-refractivity contribution is -0.312. The predicted octanol–water partition coefficient (Wildman–Crippen LogP) is 0.986. The van der Waals surface area contributed by atoms with Gasteiger partial charge in [-0.05, 0) is 44.1 Å². The number of aliphatic carboxylic acids is 1. The molecule has 2 aliphatic carbocycles. The van der Waals surface area contributed by atoms with Gasteiger partial charge in [-0.2, -0.15) is 0 Å². The lowest BCUT2D eigenvalue weighted by atomic mass is 9.91. The summed E-state index contributed by atoms with van der Waals surface area (Å²) in [6.07, 6.45) is 10.5. The fourth-order valence-corrected chi connectivity index (χ4v) is 7.90. The quantitative estimate of drug-likeness (QED) is 0.621. The molecule has 0 aromatic rings. The van der Waals surface area contributed by atoms with Crippen molar-refractivity contribution in [1.29, 1.82) is 0 Å². The molecule has 28 heavy (non-hydrogen) atoms. The topological polar surface area (TPSA) is 112 Å². The van der Waals surface area contributed by atoms with Gasteiger partial charge in [-0.3, -0.25) is 0 Å². The fourth-order valence-electron chi connectivity index (χ4n) is 4.35. The van der Waals surface area contributed by atoms with Crippen LogP contribution in [0.3, 0.4) is 0 Å². The number of allylic oxidation sites excluding steroid dienone is 2. The van der Waals surface area contributed by atoms with Gasteiger partial charge in [0, 0.05) is 25.0 Å². The first kappa shape index (κ1) is 21.5. The van der Waals surface area contributed by atoms with Crippen LogP contribution in [-0.2, 0) is 24.7 Å². The van der Waals surface area contributed by atoms with Crippen LogP contribution in [0.5, 0.6) is 0 Å². The molecule has 0 spiro atoms. The highest BCUT2D eigenvalue weighted by molar-refractivity contribution is 7.95. The highest BCUT2D eigenvalue weighted by atomic mass is 32.2. The van der Waals surface area contributed by atoms with Gasteiger partial charge >= 0.3 is 0 Å². The van der Waals surface area contributed by atoms with Crippen molar-refractivity contribution in [2.45, 2.75) is 56.6 Å². The van der Waals surface area contributed by atoms with Crippen molar-refractivity contribution in [2.24, 2.45) is 11.8 Å². The van der Waals surface area contributed by atoms with E-state index in [1.807, 2.05) is 0 Å². The Hall–Kier alpha value is -1.19. The molecule has 7 nitrogen and oxygen atoms in total. The van der Waals surface area contributed by atoms with Gasteiger partial charge in [0.15, 0.2) is 9.84 Å². The molecule has 0 bridgehead atoms. The maximum atomic E-state index is 12.9. The van der Waals surface area contributed by atoms with E-state index < -0.39 is 37.0 Å². The summed E-state index contributed by atoms with van der Waals surface area (Å²) in [6.45, 7) is 0.207. The van der Waals surface area contributed by atoms with Crippen molar-refractivity contribution in [3.63, 3.8) is 0 Å². The minimum absolute atomic E-state index is 0.0778. The SMILES string of the molecule is O=C([O-])[C@H]1CCCN(S(=O)(=O)C2C=CC(S(=O)(=O)CC3CCCCC3)=CC2)C1. The molecule has 1 saturated heterocycles. The first-order chi connectivity index (χ1) is 13.2. The second-order valence-corrected chi connectivity index (χ2v) is 12.3. The minimum Gasteiger partial charge on any atom is -0.550 e. The summed E-state index contributed by atoms with van der Waals surface area (Å²) in [6, 6.07) is 0. The number of hydrogen-bond donors (Lipinski definition) is 0. The number of carboxylic acid groups (broad SMARTS) is 1. The highest BCUT2D eigenvalue weighted by Gasteiger charge is 2.35. The molecule has 0 aromatic carbocycles. The van der Waals surface area contributed by atoms with Crippen molar-refractivity contribution >= 4 is 25.8 Å². The summed E-state index contributed by atoms with van der Waals surface area (Å²) in [5, 5.41) is 10.2. The molecule has 0 aromatic heterocycles. The average Bonchev–Trinajstić information content (AvgIpc) is 2.68. The Morgan fingerprint density at radius 1 is 1.07 bits per heavy atom. The van der Waals surface area contributed by atoms with Crippen LogP contribution in [0.15, 0.2) is 23.1 Å². The zero-order valence-electron chi connectivity index (χ0n) is 16.0. The first-order valence-corrected chi connectivity index (χ1v) is 13.2. The Morgan fingerprint density at radius 3 is 2.39 bits per heavy atom. The van der Waals surface area contributed by atoms with E-state index in [1.165, 1.54) is 22.5 Å². The van der Waals surface area contributed by atoms with Crippen LogP contribution in [0.25, 0.3) is 0 Å². The second kappa shape index (κ2) is 8.67. The molecule has 9 heteroatoms. The molecule has 0 amide bonds. The van der Waals surface area contributed by atoms with Crippen LogP contribution in [0.1, 0.15) is 51.4 Å². The lowest BCUT2D eigenvalue weighted by Gasteiger charge is -2.34. The van der Waals surface area contributed by atoms with E-state index in [-0.39, 0.29) is 36.1 Å². The van der Waals surface area contributed by atoms with E-state index in [0.717, 1.165) is 32.1 Å². The van der Waals surface area contributed by atoms with Crippen molar-refractivity contribution < 1.29 is 26.7 Å². The smallest absolute Gasteiger partial charge is 0.220 e. The second-order valence-electron chi connectivity index (χ2n) is 8.09. The van der Waals surface area contributed by atoms with Gasteiger partial charge in [-0.25, -0.2) is 21.1 Å². The summed E-state index contributed by atoms with van der Waals surface area (Å²) in [5.74, 6) is -1.71. The van der Waals surface area contributed by atoms with Crippen molar-refractivity contribution in [2.75, 3.05) is 18.8 Å². The third-order valence-electron chi connectivity index (χ3n) is 6.03. The zero-order valence-corrected chi connectivity index (χ0v) is 17.6. The van der Waals surface area contributed by atoms with E-state index in [4.69, 9.17) is 0 Å². The number of piperidine rings is 1. The van der Waals surface area contributed by atoms with Gasteiger partial charge in [-0.1, -0.05) is 31.4 Å². The van der Waals surface area contributed by atoms with Gasteiger partial charge in [-0.15, -0.1) is 0 Å². The third kappa shape index (κ3) is 4.86. The van der Waals surface area contributed by atoms with Gasteiger partial charge in [0.05, 0.1) is 15.9 Å². The molecule has 3 rings (SSSR count). The number of carbonyl (C=O) groups is 1. The molecular weight excluding hydrogens is 402 g/mol. The van der Waals surface area contributed by atoms with E-state index in [1.54, 1.807) is 0 Å². The normalized spacial score (nSPS) is 28.1. The molecule has 0 N–H and O–H groups in total. The van der Waals surface area contributed by atoms with Crippen molar-refractivity contribution in [1.82, 2.24) is 4.31 Å². The number of sulfonamides is 1. The summed E-state index contributed by atoms with van der Waals surface area (Å²) in [5.41, 5.74) is 0. The van der Waals surface area contributed by atoms with E-state index in [0.29, 0.717) is 12.8 Å². The Balaban J connectivity index is 1.65. The Morgan fingerprint density at radius 2 is 1.79 bits per heavy atom. The average molecular weight is 431 g/mol. The summed E-state index contributed by atoms with van der Waals surface area (Å²) in [4.78, 5) is 11.3. The monoisotopic (exact) mass is 430 g/mol. The number of nitrogens with zero attached hydrogens (tertiary/aromatic N) is 1. The number of rotatable bonds is 6. The van der Waals surface area contributed by atoms with Gasteiger partial charge in [0.2, 0.25) is 10.0 Å². The van der Waals surface area contributed by atoms with E-state index >= 15 is 0 Å². The minimum atomic E-state index is -3.73. The number of sulfone groups is 1. The number of hydrogen-bond acceptors (Lipinski definition) is 6. The maximum absolute atomic E-state index is 12.9. The molecule has 2 atom stereocenters. The molecule has 1 saturated carbocycles. The lowest BCUT2D eigenvalue weighted by Crippen LogP contribution is -2.48. The maximum Gasteiger partial charge on any atom is 0.220 e. The Bertz CT molecular complexity index is 853. The predicted molar refractivity (Wildman–Crippen MR) is 104 cm³/mol. The Labute approximate surface area is 167 Å². The first-order valence-electron chi connectivity index (χ1n) is 10.0. The summed E-state index contributed by atoms with van der Waals surface area (Å²) >= 11 is 0. The summed E-state index contributed by atoms with van der Waals surface area (Å²) < 4.78 is 52.3. The molecule has 3 aliphatic rings. The third-order valence-corrected chi connectivity index (χ3v) is 10.1. The number of carbonyl (C=O) groups excluding carboxylic acids is 1. The van der Waals surface area contributed by atoms with Crippen LogP contribution in [0.4, 0.5) is 0 Å². The molecule has 158 valence electrons. The van der Waals surface area contributed by atoms with Crippen LogP contribution in [-0.4, -0.2) is 51.2 Å². The molecule has 1 unspecified atom stereocenters. The summed E-state index contributed by atoms with van der Waals surface area (Å²) in [7, 11) is -7.15. The van der Waals surface area contributed by atoms with Crippen molar-refractivity contribution in [3.05, 3.63) is 23.1 Å². The zero-order chi connectivity index (χ0) is 20.4. The highest BCUT2D eigenvalue weighted by Crippen LogP contribution is 2.30. The van der Waals surface area contributed by atoms with Crippen LogP contribution in [0.2, 0.25) is 0 Å². The van der Waals surface area contributed by atoms with Crippen LogP contribution < -0.4 is 5.11 Å². The molecule has 2 fully saturated rings. The van der Waals surface area contributed by atoms with Crippen molar-refractivity contribution in [3.8, 4) is 0 Å². The van der Waals surface area contributed by atoms with E-state index in [9.17, 15) is 26.7 Å². The molecule has 1 aliphatic heterocycles. The van der Waals surface area contributed by atoms with Crippen LogP contribution >= 0.6 is 0 Å². The Kier molecular flexibility index (Phi) is 6.66. The van der Waals surface area contributed by atoms with E-state index in [2.05, 4.69) is 0 Å². The largest absolute Gasteiger partial charge is 0.550 e.